The Bertz CT molecular complexity index is 2150. The fourth-order valence-corrected chi connectivity index (χ4v) is 9.42. The van der Waals surface area contributed by atoms with E-state index in [4.69, 9.17) is 10.5 Å². The number of halogens is 6. The number of carbonyl (C=O) groups excluding carboxylic acids is 1. The van der Waals surface area contributed by atoms with E-state index in [0.717, 1.165) is 24.6 Å². The highest BCUT2D eigenvalue weighted by molar-refractivity contribution is 7.23. The molecule has 6 heterocycles. The zero-order valence-electron chi connectivity index (χ0n) is 27.5. The van der Waals surface area contributed by atoms with Crippen LogP contribution < -0.4 is 15.4 Å². The van der Waals surface area contributed by atoms with Gasteiger partial charge in [0.1, 0.15) is 41.0 Å². The lowest BCUT2D eigenvalue weighted by molar-refractivity contribution is -0.137. The quantitative estimate of drug-likeness (QED) is 0.243. The SMILES string of the molecule is CN(C)C(=O)N1CCC2C1CN2c1nc(OCC23CCCN2CC(F)C3)nc2c(F)c(-c3ccc(F)c4sc(N)c(C#N)c34)c(C(F)(F)F)cc12. The molecule has 2 aromatic carbocycles. The second kappa shape index (κ2) is 11.7. The van der Waals surface area contributed by atoms with Crippen LogP contribution in [0.15, 0.2) is 18.2 Å². The van der Waals surface area contributed by atoms with Gasteiger partial charge in [0.25, 0.3) is 0 Å². The first-order chi connectivity index (χ1) is 24.2. The van der Waals surface area contributed by atoms with Gasteiger partial charge in [-0.05, 0) is 43.5 Å². The van der Waals surface area contributed by atoms with Crippen molar-refractivity contribution in [1.82, 2.24) is 24.7 Å². The number of alkyl halides is 4. The van der Waals surface area contributed by atoms with Gasteiger partial charge in [-0.25, -0.2) is 18.0 Å². The summed E-state index contributed by atoms with van der Waals surface area (Å²) in [6, 6.07) is 3.45. The molecule has 0 bridgehead atoms. The summed E-state index contributed by atoms with van der Waals surface area (Å²) in [5.74, 6) is -2.19. The minimum atomic E-state index is -5.11. The Hall–Kier alpha value is -4.56. The van der Waals surface area contributed by atoms with E-state index in [0.29, 0.717) is 37.3 Å². The number of nitrogen functional groups attached to an aromatic ring is 1. The number of thiophene rings is 1. The molecule has 4 unspecified atom stereocenters. The van der Waals surface area contributed by atoms with Gasteiger partial charge in [0, 0.05) is 56.5 Å². The molecule has 0 radical (unpaired) electrons. The molecule has 51 heavy (non-hydrogen) atoms. The van der Waals surface area contributed by atoms with Crippen molar-refractivity contribution >= 4 is 49.2 Å². The number of fused-ring (bicyclic) bond motifs is 4. The lowest BCUT2D eigenvalue weighted by atomic mass is 9.91. The highest BCUT2D eigenvalue weighted by Gasteiger charge is 2.52. The van der Waals surface area contributed by atoms with Gasteiger partial charge in [0.2, 0.25) is 0 Å². The normalized spacial score (nSPS) is 24.6. The first-order valence-corrected chi connectivity index (χ1v) is 17.3. The number of carbonyl (C=O) groups is 1. The Balaban J connectivity index is 1.31. The van der Waals surface area contributed by atoms with Crippen LogP contribution in [0.3, 0.4) is 0 Å². The van der Waals surface area contributed by atoms with Crippen LogP contribution in [0.25, 0.3) is 32.1 Å². The molecule has 4 aliphatic rings. The molecule has 4 fully saturated rings. The Morgan fingerprint density at radius 1 is 1.20 bits per heavy atom. The van der Waals surface area contributed by atoms with Gasteiger partial charge in [-0.2, -0.15) is 28.4 Å². The third-order valence-electron chi connectivity index (χ3n) is 10.8. The van der Waals surface area contributed by atoms with Crippen molar-refractivity contribution in [2.24, 2.45) is 0 Å². The summed E-state index contributed by atoms with van der Waals surface area (Å²) in [5.41, 5.74) is 1.93. The minimum absolute atomic E-state index is 0.00339. The van der Waals surface area contributed by atoms with Crippen molar-refractivity contribution in [2.45, 2.75) is 55.7 Å². The average molecular weight is 731 g/mol. The number of aromatic nitrogens is 2. The first kappa shape index (κ1) is 33.6. The Morgan fingerprint density at radius 2 is 1.98 bits per heavy atom. The number of nitriles is 1. The summed E-state index contributed by atoms with van der Waals surface area (Å²) in [6.07, 6.45) is -3.92. The van der Waals surface area contributed by atoms with Gasteiger partial charge in [0.05, 0.1) is 33.4 Å². The van der Waals surface area contributed by atoms with E-state index in [-0.39, 0.29) is 87.7 Å². The Morgan fingerprint density at radius 3 is 2.71 bits per heavy atom. The third-order valence-corrected chi connectivity index (χ3v) is 11.8. The standard InChI is InChI=1S/C34H32F6N8O2S/c1-45(2)32(49)47-9-6-22-23(47)14-48(22)30-18-10-20(34(38,39)40)25(17-4-5-21(36)28-24(17)19(12-41)29(42)51-28)26(37)27(18)43-31(44-30)50-15-33-7-3-8-46(33)13-16(35)11-33/h4-5,10,16,22-23H,3,6-9,11,13-15,42H2,1-2H3. The predicted octanol–water partition coefficient (Wildman–Crippen LogP) is 6.16. The molecule has 10 nitrogen and oxygen atoms in total. The molecule has 2 aromatic heterocycles. The first-order valence-electron chi connectivity index (χ1n) is 16.5. The second-order valence-corrected chi connectivity index (χ2v) is 15.0. The van der Waals surface area contributed by atoms with Crippen LogP contribution in [0.2, 0.25) is 0 Å². The Labute approximate surface area is 292 Å². The van der Waals surface area contributed by atoms with Crippen LogP contribution in [0.1, 0.15) is 36.8 Å². The summed E-state index contributed by atoms with van der Waals surface area (Å²) in [5, 5.41) is 9.24. The van der Waals surface area contributed by atoms with E-state index in [1.54, 1.807) is 23.9 Å². The van der Waals surface area contributed by atoms with Gasteiger partial charge in [-0.1, -0.05) is 6.07 Å². The highest BCUT2D eigenvalue weighted by Crippen LogP contribution is 2.49. The summed E-state index contributed by atoms with van der Waals surface area (Å²) in [7, 11) is 3.26. The van der Waals surface area contributed by atoms with E-state index in [9.17, 15) is 18.8 Å². The minimum Gasteiger partial charge on any atom is -0.461 e. The number of nitrogens with two attached hydrogens (primary N) is 1. The van der Waals surface area contributed by atoms with E-state index >= 15 is 17.6 Å². The maximum Gasteiger partial charge on any atom is 0.417 e. The molecule has 0 aliphatic carbocycles. The summed E-state index contributed by atoms with van der Waals surface area (Å²) in [6.45, 7) is 1.57. The van der Waals surface area contributed by atoms with Crippen molar-refractivity contribution in [2.75, 3.05) is 57.5 Å². The monoisotopic (exact) mass is 730 g/mol. The smallest absolute Gasteiger partial charge is 0.417 e. The van der Waals surface area contributed by atoms with Gasteiger partial charge < -0.3 is 25.2 Å². The largest absolute Gasteiger partial charge is 0.461 e. The van der Waals surface area contributed by atoms with Crippen molar-refractivity contribution in [3.63, 3.8) is 0 Å². The molecule has 2 N–H and O–H groups in total. The maximum atomic E-state index is 17.1. The number of hydrogen-bond acceptors (Lipinski definition) is 9. The third kappa shape index (κ3) is 5.12. The molecule has 4 atom stereocenters. The molecule has 0 saturated carbocycles. The lowest BCUT2D eigenvalue weighted by Gasteiger charge is -2.48. The van der Waals surface area contributed by atoms with Crippen LogP contribution in [0, 0.1) is 23.0 Å². The molecule has 0 spiro atoms. The van der Waals surface area contributed by atoms with E-state index < -0.39 is 46.2 Å². The number of urea groups is 1. The molecule has 4 aliphatic heterocycles. The van der Waals surface area contributed by atoms with Crippen LogP contribution in [-0.4, -0.2) is 101 Å². The topological polar surface area (TPSA) is 115 Å². The number of likely N-dealkylation sites (tertiary alicyclic amines) is 1. The van der Waals surface area contributed by atoms with Gasteiger partial charge in [0.15, 0.2) is 5.82 Å². The van der Waals surface area contributed by atoms with Crippen molar-refractivity contribution in [1.29, 1.82) is 5.26 Å². The number of rotatable bonds is 5. The average Bonchev–Trinajstić information content (AvgIpc) is 3.79. The lowest BCUT2D eigenvalue weighted by Crippen LogP contribution is -2.64. The van der Waals surface area contributed by atoms with Crippen molar-refractivity contribution in [3.8, 4) is 23.2 Å². The van der Waals surface area contributed by atoms with Crippen molar-refractivity contribution < 1.29 is 35.9 Å². The zero-order chi connectivity index (χ0) is 36.1. The molecular weight excluding hydrogens is 698 g/mol. The van der Waals surface area contributed by atoms with E-state index in [2.05, 4.69) is 9.97 Å². The molecule has 4 saturated heterocycles. The second-order valence-electron chi connectivity index (χ2n) is 13.9. The molecule has 4 aromatic rings. The fourth-order valence-electron chi connectivity index (χ4n) is 8.48. The summed E-state index contributed by atoms with van der Waals surface area (Å²) >= 11 is 0.682. The molecule has 268 valence electrons. The number of ether oxygens (including phenoxy) is 1. The Kier molecular flexibility index (Phi) is 7.73. The number of hydrogen-bond donors (Lipinski definition) is 1. The maximum absolute atomic E-state index is 17.1. The van der Waals surface area contributed by atoms with Crippen LogP contribution in [0.4, 0.5) is 42.0 Å². The molecule has 2 amide bonds. The van der Waals surface area contributed by atoms with E-state index in [1.807, 2.05) is 11.0 Å². The van der Waals surface area contributed by atoms with Gasteiger partial charge in [-0.3, -0.25) is 4.90 Å². The highest BCUT2D eigenvalue weighted by atomic mass is 32.1. The fraction of sp³-hybridized carbons (Fsp3) is 0.471. The number of benzene rings is 2. The molecule has 17 heteroatoms. The van der Waals surface area contributed by atoms with Gasteiger partial charge >= 0.3 is 18.2 Å². The molecule has 8 rings (SSSR count). The van der Waals surface area contributed by atoms with E-state index in [1.165, 1.54) is 4.90 Å². The van der Waals surface area contributed by atoms with Crippen LogP contribution in [0.5, 0.6) is 6.01 Å². The molecular formula is C34H32F6N8O2S. The summed E-state index contributed by atoms with van der Waals surface area (Å²) < 4.78 is 97.5. The van der Waals surface area contributed by atoms with Crippen LogP contribution >= 0.6 is 11.3 Å². The van der Waals surface area contributed by atoms with Crippen LogP contribution in [-0.2, 0) is 6.18 Å². The predicted molar refractivity (Wildman–Crippen MR) is 178 cm³/mol. The number of nitrogens with zero attached hydrogens (tertiary/aromatic N) is 7. The number of anilines is 2. The summed E-state index contributed by atoms with van der Waals surface area (Å²) in [4.78, 5) is 28.6. The number of amides is 2. The zero-order valence-corrected chi connectivity index (χ0v) is 28.3. The van der Waals surface area contributed by atoms with Gasteiger partial charge in [-0.15, -0.1) is 11.3 Å². The van der Waals surface area contributed by atoms with Crippen molar-refractivity contribution in [3.05, 3.63) is 41.0 Å².